The van der Waals surface area contributed by atoms with Gasteiger partial charge in [-0.1, -0.05) is 23.2 Å². The molecule has 1 aromatic heterocycles. The molecular weight excluding hydrogens is 380 g/mol. The second kappa shape index (κ2) is 10.4. The maximum absolute atomic E-state index is 10.3. The van der Waals surface area contributed by atoms with Crippen molar-refractivity contribution in [3.8, 4) is 17.4 Å². The van der Waals surface area contributed by atoms with Gasteiger partial charge in [-0.05, 0) is 49.4 Å². The fourth-order valence-corrected chi connectivity index (χ4v) is 2.06. The molecule has 2 rings (SSSR count). The summed E-state index contributed by atoms with van der Waals surface area (Å²) in [6, 6.07) is 8.26. The van der Waals surface area contributed by atoms with E-state index in [0.29, 0.717) is 21.5 Å². The molecule has 5 nitrogen and oxygen atoms in total. The van der Waals surface area contributed by atoms with Gasteiger partial charge in [0.25, 0.3) is 0 Å². The average molecular weight is 392 g/mol. The van der Waals surface area contributed by atoms with Crippen LogP contribution in [0.1, 0.15) is 6.92 Å². The largest absolute Gasteiger partial charge is 1.00 e. The Balaban J connectivity index is 0.00000288. The topological polar surface area (TPSA) is 71.5 Å². The van der Waals surface area contributed by atoms with Crippen molar-refractivity contribution >= 4 is 29.2 Å². The van der Waals surface area contributed by atoms with Crippen molar-refractivity contribution in [1.29, 1.82) is 0 Å². The van der Waals surface area contributed by atoms with Crippen LogP contribution in [0.25, 0.3) is 0 Å². The predicted molar refractivity (Wildman–Crippen MR) is 85.0 cm³/mol. The van der Waals surface area contributed by atoms with Crippen LogP contribution in [-0.2, 0) is 4.79 Å². The van der Waals surface area contributed by atoms with Crippen LogP contribution >= 0.6 is 23.2 Å². The van der Waals surface area contributed by atoms with E-state index in [-0.39, 0.29) is 57.3 Å². The number of ether oxygens (including phenoxy) is 2. The normalized spacial score (nSPS) is 11.6. The molecule has 0 saturated heterocycles. The molecule has 1 atom stereocenters. The fourth-order valence-electron chi connectivity index (χ4n) is 1.64. The van der Waals surface area contributed by atoms with Crippen molar-refractivity contribution in [2.45, 2.75) is 13.0 Å². The Labute approximate surface area is 192 Å². The number of aromatic nitrogens is 1. The van der Waals surface area contributed by atoms with E-state index in [4.69, 9.17) is 32.7 Å². The van der Waals surface area contributed by atoms with Gasteiger partial charge >= 0.3 is 51.4 Å². The van der Waals surface area contributed by atoms with Crippen LogP contribution in [0.2, 0.25) is 10.0 Å². The third-order valence-corrected chi connectivity index (χ3v) is 3.12. The van der Waals surface area contributed by atoms with Crippen molar-refractivity contribution in [2.24, 2.45) is 0 Å². The maximum Gasteiger partial charge on any atom is 1.00 e. The predicted octanol–water partition coefficient (Wildman–Crippen LogP) is 0.258. The molecule has 1 heterocycles. The van der Waals surface area contributed by atoms with E-state index in [1.54, 1.807) is 31.2 Å². The Hall–Kier alpha value is -0.604. The van der Waals surface area contributed by atoms with E-state index in [2.05, 4.69) is 4.98 Å². The maximum atomic E-state index is 10.3. The molecule has 1 aromatic carbocycles. The summed E-state index contributed by atoms with van der Waals surface area (Å²) in [6.07, 6.45) is 3.34. The van der Waals surface area contributed by atoms with E-state index < -0.39 is 12.1 Å². The second-order valence-corrected chi connectivity index (χ2v) is 5.36. The zero-order valence-electron chi connectivity index (χ0n) is 13.0. The average Bonchev–Trinajstić information content (AvgIpc) is 2.50. The van der Waals surface area contributed by atoms with Gasteiger partial charge in [-0.25, -0.2) is 4.98 Å². The van der Waals surface area contributed by atoms with Crippen LogP contribution in [0, 0.1) is 0 Å². The third-order valence-electron chi connectivity index (χ3n) is 2.64. The molecule has 0 N–H and O–H groups in total. The molecule has 0 aliphatic carbocycles. The van der Waals surface area contributed by atoms with E-state index in [1.165, 1.54) is 18.3 Å². The number of carboxylic acids is 1. The molecule has 0 aliphatic heterocycles. The standard InChI is InChI=1S/C16H13Cl2NO4.K/c1-10(2-7-15(20)21)22-12-3-5-13(6-4-12)23-16-14(18)8-11(17)9-19-16;/h2-10H,1H3,(H,20,21);/q;+1/p-1/b7-2+;. The third kappa shape index (κ3) is 7.10. The molecule has 0 spiro atoms. The van der Waals surface area contributed by atoms with Crippen LogP contribution in [0.3, 0.4) is 0 Å². The summed E-state index contributed by atoms with van der Waals surface area (Å²) in [5.74, 6) is 0.0570. The van der Waals surface area contributed by atoms with E-state index in [0.717, 1.165) is 6.08 Å². The quantitative estimate of drug-likeness (QED) is 0.521. The van der Waals surface area contributed by atoms with Gasteiger partial charge in [0.2, 0.25) is 5.88 Å². The Kier molecular flexibility index (Phi) is 9.29. The van der Waals surface area contributed by atoms with Gasteiger partial charge in [0.1, 0.15) is 22.6 Å². The summed E-state index contributed by atoms with van der Waals surface area (Å²) >= 11 is 11.8. The summed E-state index contributed by atoms with van der Waals surface area (Å²) in [4.78, 5) is 14.3. The van der Waals surface area contributed by atoms with Crippen molar-refractivity contribution in [1.82, 2.24) is 4.98 Å². The first kappa shape index (κ1) is 21.4. The molecule has 24 heavy (non-hydrogen) atoms. The second-order valence-electron chi connectivity index (χ2n) is 4.52. The first-order valence-electron chi connectivity index (χ1n) is 6.59. The number of hydrogen-bond donors (Lipinski definition) is 0. The Bertz CT molecular complexity index is 723. The minimum Gasteiger partial charge on any atom is -0.545 e. The van der Waals surface area contributed by atoms with Gasteiger partial charge in [0, 0.05) is 6.20 Å². The molecule has 120 valence electrons. The molecule has 0 radical (unpaired) electrons. The van der Waals surface area contributed by atoms with Gasteiger partial charge in [0.15, 0.2) is 0 Å². The minimum atomic E-state index is -1.27. The smallest absolute Gasteiger partial charge is 0.545 e. The number of carbonyl (C=O) groups excluding carboxylic acids is 1. The summed E-state index contributed by atoms with van der Waals surface area (Å²) < 4.78 is 11.1. The number of halogens is 2. The van der Waals surface area contributed by atoms with E-state index in [1.807, 2.05) is 0 Å². The number of rotatable bonds is 6. The van der Waals surface area contributed by atoms with Gasteiger partial charge in [-0.3, -0.25) is 0 Å². The molecule has 0 aliphatic rings. The summed E-state index contributed by atoms with van der Waals surface area (Å²) in [5, 5.41) is 11.1. The van der Waals surface area contributed by atoms with Crippen LogP contribution in [0.5, 0.6) is 17.4 Å². The molecule has 0 amide bonds. The van der Waals surface area contributed by atoms with Crippen molar-refractivity contribution in [2.75, 3.05) is 0 Å². The zero-order valence-corrected chi connectivity index (χ0v) is 17.7. The molecule has 0 fully saturated rings. The summed E-state index contributed by atoms with van der Waals surface area (Å²) in [6.45, 7) is 1.71. The minimum absolute atomic E-state index is 0. The Morgan fingerprint density at radius 3 is 2.46 bits per heavy atom. The van der Waals surface area contributed by atoms with E-state index >= 15 is 0 Å². The van der Waals surface area contributed by atoms with Gasteiger partial charge in [-0.15, -0.1) is 0 Å². The molecule has 1 unspecified atom stereocenters. The molecular formula is C16H12Cl2KNO4. The fraction of sp³-hybridized carbons (Fsp3) is 0.125. The SMILES string of the molecule is CC(/C=C/C(=O)[O-])Oc1ccc(Oc2ncc(Cl)cc2Cl)cc1.[K+]. The number of nitrogens with zero attached hydrogens (tertiary/aromatic N) is 1. The Morgan fingerprint density at radius 2 is 1.88 bits per heavy atom. The monoisotopic (exact) mass is 391 g/mol. The van der Waals surface area contributed by atoms with Crippen LogP contribution in [0.4, 0.5) is 0 Å². The number of benzene rings is 1. The number of hydrogen-bond acceptors (Lipinski definition) is 5. The van der Waals surface area contributed by atoms with Crippen LogP contribution < -0.4 is 66.0 Å². The van der Waals surface area contributed by atoms with E-state index in [9.17, 15) is 9.90 Å². The van der Waals surface area contributed by atoms with Crippen molar-refractivity contribution < 1.29 is 70.8 Å². The summed E-state index contributed by atoms with van der Waals surface area (Å²) in [5.41, 5.74) is 0. The number of pyridine rings is 1. The van der Waals surface area contributed by atoms with Crippen molar-refractivity contribution in [3.05, 3.63) is 58.7 Å². The van der Waals surface area contributed by atoms with Crippen molar-refractivity contribution in [3.63, 3.8) is 0 Å². The van der Waals surface area contributed by atoms with Gasteiger partial charge in [0.05, 0.1) is 11.0 Å². The Morgan fingerprint density at radius 1 is 1.25 bits per heavy atom. The summed E-state index contributed by atoms with van der Waals surface area (Å²) in [7, 11) is 0. The first-order valence-corrected chi connectivity index (χ1v) is 7.34. The number of carbonyl (C=O) groups is 1. The number of carboxylic acid groups (broad SMARTS) is 1. The molecule has 0 saturated carbocycles. The molecule has 8 heteroatoms. The van der Waals surface area contributed by atoms with Gasteiger partial charge < -0.3 is 19.4 Å². The molecule has 0 bridgehead atoms. The molecule has 2 aromatic rings. The zero-order chi connectivity index (χ0) is 16.8. The first-order chi connectivity index (χ1) is 10.9. The van der Waals surface area contributed by atoms with Gasteiger partial charge in [-0.2, -0.15) is 0 Å². The van der Waals surface area contributed by atoms with Crippen LogP contribution in [0.15, 0.2) is 48.7 Å². The number of aliphatic carboxylic acids is 1. The van der Waals surface area contributed by atoms with Crippen LogP contribution in [-0.4, -0.2) is 17.1 Å².